The summed E-state index contributed by atoms with van der Waals surface area (Å²) < 4.78 is 6.94. The molecule has 156 valence electrons. The highest BCUT2D eigenvalue weighted by Gasteiger charge is 2.33. The number of hydrogen-bond acceptors (Lipinski definition) is 6. The van der Waals surface area contributed by atoms with E-state index in [2.05, 4.69) is 0 Å². The second-order valence-electron chi connectivity index (χ2n) is 7.95. The number of para-hydroxylation sites is 1. The average Bonchev–Trinajstić information content (AvgIpc) is 3.57. The lowest BCUT2D eigenvalue weighted by Gasteiger charge is -2.00. The third-order valence-corrected chi connectivity index (χ3v) is 8.02. The van der Waals surface area contributed by atoms with Gasteiger partial charge in [0.1, 0.15) is 10.4 Å². The molecular formula is C27H13NO3S2. The number of fused-ring (bicyclic) bond motifs is 4. The summed E-state index contributed by atoms with van der Waals surface area (Å²) in [4.78, 5) is 32.5. The van der Waals surface area contributed by atoms with E-state index in [9.17, 15) is 9.59 Å². The Hall–Kier alpha value is -3.87. The van der Waals surface area contributed by atoms with Crippen molar-refractivity contribution >= 4 is 71.6 Å². The van der Waals surface area contributed by atoms with Crippen molar-refractivity contribution in [2.45, 2.75) is 0 Å². The van der Waals surface area contributed by atoms with Crippen LogP contribution in [0.3, 0.4) is 0 Å². The van der Waals surface area contributed by atoms with Gasteiger partial charge in [0.15, 0.2) is 22.3 Å². The summed E-state index contributed by atoms with van der Waals surface area (Å²) in [6, 6.07) is 23.3. The maximum atomic E-state index is 13.0. The Bertz CT molecular complexity index is 1690. The molecule has 0 aliphatic heterocycles. The first kappa shape index (κ1) is 18.7. The highest BCUT2D eigenvalue weighted by atomic mass is 32.1. The Labute approximate surface area is 195 Å². The maximum Gasteiger partial charge on any atom is 0.197 e. The number of nitrogens with zero attached hydrogens (tertiary/aromatic N) is 1. The van der Waals surface area contributed by atoms with E-state index in [1.807, 2.05) is 72.8 Å². The maximum absolute atomic E-state index is 13.0. The van der Waals surface area contributed by atoms with Crippen LogP contribution in [-0.2, 0) is 0 Å². The van der Waals surface area contributed by atoms with Gasteiger partial charge in [0, 0.05) is 21.4 Å². The Kier molecular flexibility index (Phi) is 3.86. The number of rotatable bonds is 2. The molecule has 0 radical (unpaired) electrons. The van der Waals surface area contributed by atoms with Gasteiger partial charge in [-0.25, -0.2) is 4.98 Å². The molecule has 6 aromatic rings. The van der Waals surface area contributed by atoms with Crippen molar-refractivity contribution in [3.8, 4) is 10.8 Å². The van der Waals surface area contributed by atoms with E-state index in [1.54, 1.807) is 17.4 Å². The lowest BCUT2D eigenvalue weighted by atomic mass is 10.0. The predicted molar refractivity (Wildman–Crippen MR) is 133 cm³/mol. The fourth-order valence-electron chi connectivity index (χ4n) is 4.30. The fourth-order valence-corrected chi connectivity index (χ4v) is 6.42. The summed E-state index contributed by atoms with van der Waals surface area (Å²) in [5, 5.41) is 3.77. The van der Waals surface area contributed by atoms with Gasteiger partial charge in [0.2, 0.25) is 0 Å². The minimum Gasteiger partial charge on any atom is -0.454 e. The van der Waals surface area contributed by atoms with E-state index in [0.29, 0.717) is 11.1 Å². The van der Waals surface area contributed by atoms with Crippen molar-refractivity contribution in [3.05, 3.63) is 94.4 Å². The van der Waals surface area contributed by atoms with Gasteiger partial charge in [0.05, 0.1) is 10.3 Å². The largest absolute Gasteiger partial charge is 0.454 e. The third-order valence-electron chi connectivity index (χ3n) is 5.90. The van der Waals surface area contributed by atoms with Crippen LogP contribution < -0.4 is 0 Å². The van der Waals surface area contributed by atoms with E-state index < -0.39 is 0 Å². The molecular weight excluding hydrogens is 450 g/mol. The summed E-state index contributed by atoms with van der Waals surface area (Å²) in [7, 11) is 0. The number of furan rings is 1. The molecule has 6 heteroatoms. The van der Waals surface area contributed by atoms with Crippen molar-refractivity contribution in [2.24, 2.45) is 0 Å². The quantitative estimate of drug-likeness (QED) is 0.198. The molecule has 0 bridgehead atoms. The Morgan fingerprint density at radius 3 is 2.09 bits per heavy atom. The van der Waals surface area contributed by atoms with Gasteiger partial charge in [0.25, 0.3) is 0 Å². The van der Waals surface area contributed by atoms with E-state index in [4.69, 9.17) is 9.40 Å². The van der Waals surface area contributed by atoms with Gasteiger partial charge in [-0.2, -0.15) is 0 Å². The molecule has 7 rings (SSSR count). The van der Waals surface area contributed by atoms with Crippen molar-refractivity contribution in [3.63, 3.8) is 0 Å². The molecule has 0 amide bonds. The number of aromatic nitrogens is 1. The molecule has 3 aromatic carbocycles. The van der Waals surface area contributed by atoms with Crippen LogP contribution in [0.4, 0.5) is 0 Å². The van der Waals surface area contributed by atoms with Crippen molar-refractivity contribution in [1.82, 2.24) is 4.98 Å². The first-order chi connectivity index (χ1) is 16.1. The third kappa shape index (κ3) is 2.85. The molecule has 3 heterocycles. The number of thiophene rings is 1. The van der Waals surface area contributed by atoms with Crippen molar-refractivity contribution < 1.29 is 14.0 Å². The van der Waals surface area contributed by atoms with Crippen LogP contribution in [-0.4, -0.2) is 16.6 Å². The van der Waals surface area contributed by atoms with E-state index >= 15 is 0 Å². The summed E-state index contributed by atoms with van der Waals surface area (Å²) in [5.74, 6) is 0.315. The van der Waals surface area contributed by atoms with Crippen LogP contribution in [0.15, 0.2) is 82.8 Å². The number of benzene rings is 3. The highest BCUT2D eigenvalue weighted by Crippen LogP contribution is 2.39. The second-order valence-corrected chi connectivity index (χ2v) is 10.0. The number of carbonyl (C=O) groups excluding carboxylic acids is 2. The second kappa shape index (κ2) is 6.81. The van der Waals surface area contributed by atoms with Crippen molar-refractivity contribution in [1.29, 1.82) is 0 Å². The highest BCUT2D eigenvalue weighted by molar-refractivity contribution is 7.29. The SMILES string of the molecule is O=C1C(=Cc2cc3sc(-c4cc5ccccc5o4)nc3s2)C(=O)c2cc3ccccc3cc21. The molecule has 0 N–H and O–H groups in total. The molecule has 3 aromatic heterocycles. The summed E-state index contributed by atoms with van der Waals surface area (Å²) in [6.45, 7) is 0. The van der Waals surface area contributed by atoms with Crippen LogP contribution in [0.2, 0.25) is 0 Å². The zero-order valence-corrected chi connectivity index (χ0v) is 18.6. The molecule has 1 aliphatic carbocycles. The van der Waals surface area contributed by atoms with Crippen LogP contribution in [0.1, 0.15) is 25.6 Å². The van der Waals surface area contributed by atoms with E-state index in [1.165, 1.54) is 11.3 Å². The molecule has 0 fully saturated rings. The van der Waals surface area contributed by atoms with Crippen LogP contribution in [0.25, 0.3) is 48.1 Å². The molecule has 1 aliphatic rings. The number of Topliss-reactive ketones (excluding diaryl/α,β-unsaturated/α-hetero) is 2. The van der Waals surface area contributed by atoms with Gasteiger partial charge in [-0.3, -0.25) is 9.59 Å². The fraction of sp³-hybridized carbons (Fsp3) is 0. The first-order valence-electron chi connectivity index (χ1n) is 10.4. The number of thiazole rings is 1. The molecule has 4 nitrogen and oxygen atoms in total. The monoisotopic (exact) mass is 463 g/mol. The lowest BCUT2D eigenvalue weighted by Crippen LogP contribution is -1.99. The van der Waals surface area contributed by atoms with Crippen LogP contribution >= 0.6 is 22.7 Å². The van der Waals surface area contributed by atoms with Gasteiger partial charge in [-0.15, -0.1) is 22.7 Å². The average molecular weight is 464 g/mol. The normalized spacial score (nSPS) is 13.5. The van der Waals surface area contributed by atoms with Gasteiger partial charge < -0.3 is 4.42 Å². The van der Waals surface area contributed by atoms with E-state index in [0.717, 1.165) is 46.9 Å². The van der Waals surface area contributed by atoms with Crippen LogP contribution in [0.5, 0.6) is 0 Å². The predicted octanol–water partition coefficient (Wildman–Crippen LogP) is 7.39. The standard InChI is InChI=1S/C27H13NO3S2/c29-24-18-9-14-5-1-2-6-15(14)10-19(18)25(30)20(24)12-17-13-23-27(32-17)28-26(33-23)22-11-16-7-3-4-8-21(16)31-22/h1-13H. The number of carbonyl (C=O) groups is 2. The Balaban J connectivity index is 1.26. The molecule has 0 unspecified atom stereocenters. The summed E-state index contributed by atoms with van der Waals surface area (Å²) in [5.41, 5.74) is 2.01. The lowest BCUT2D eigenvalue weighted by molar-refractivity contribution is 0.0990. The zero-order chi connectivity index (χ0) is 22.1. The van der Waals surface area contributed by atoms with E-state index in [-0.39, 0.29) is 17.1 Å². The molecule has 0 spiro atoms. The Morgan fingerprint density at radius 1 is 0.758 bits per heavy atom. The van der Waals surface area contributed by atoms with Crippen molar-refractivity contribution in [2.75, 3.05) is 0 Å². The topological polar surface area (TPSA) is 60.2 Å². The molecule has 0 saturated heterocycles. The smallest absolute Gasteiger partial charge is 0.197 e. The number of ketones is 2. The molecule has 33 heavy (non-hydrogen) atoms. The minimum atomic E-state index is -0.214. The molecule has 0 atom stereocenters. The summed E-state index contributed by atoms with van der Waals surface area (Å²) in [6.07, 6.45) is 1.70. The minimum absolute atomic E-state index is 0.214. The van der Waals surface area contributed by atoms with Crippen LogP contribution in [0, 0.1) is 0 Å². The number of allylic oxidation sites excluding steroid dienone is 1. The van der Waals surface area contributed by atoms with Gasteiger partial charge in [-0.05, 0) is 47.2 Å². The van der Waals surface area contributed by atoms with Gasteiger partial charge in [-0.1, -0.05) is 42.5 Å². The Morgan fingerprint density at radius 2 is 1.42 bits per heavy atom. The number of hydrogen-bond donors (Lipinski definition) is 0. The first-order valence-corrected chi connectivity index (χ1v) is 12.0. The van der Waals surface area contributed by atoms with Gasteiger partial charge >= 0.3 is 0 Å². The summed E-state index contributed by atoms with van der Waals surface area (Å²) >= 11 is 3.01. The zero-order valence-electron chi connectivity index (χ0n) is 17.0. The molecule has 0 saturated carbocycles.